The number of Topliss-reactive ketones (excluding diaryl/α,β-unsaturated/α-hetero) is 1. The molecule has 7 atom stereocenters. The second-order valence-electron chi connectivity index (χ2n) is 10.8. The molecule has 0 bridgehead atoms. The number of hydrogen-bond acceptors (Lipinski definition) is 8. The van der Waals surface area contributed by atoms with Gasteiger partial charge >= 0.3 is 11.9 Å². The first kappa shape index (κ1) is 32.8. The van der Waals surface area contributed by atoms with Crippen LogP contribution in [0.15, 0.2) is 35.0 Å². The number of carboxylic acid groups (broad SMARTS) is 1. The maximum atomic E-state index is 13.2. The van der Waals surface area contributed by atoms with Crippen molar-refractivity contribution in [3.8, 4) is 0 Å². The Morgan fingerprint density at radius 1 is 1.17 bits per heavy atom. The van der Waals surface area contributed by atoms with E-state index in [0.717, 1.165) is 0 Å². The lowest BCUT2D eigenvalue weighted by Gasteiger charge is -2.46. The summed E-state index contributed by atoms with van der Waals surface area (Å²) in [4.78, 5) is 56.5. The van der Waals surface area contributed by atoms with Gasteiger partial charge in [0.1, 0.15) is 18.5 Å². The van der Waals surface area contributed by atoms with Gasteiger partial charge in [0.2, 0.25) is 0 Å². The molecule has 1 fully saturated rings. The second kappa shape index (κ2) is 14.4. The Labute approximate surface area is 249 Å². The summed E-state index contributed by atoms with van der Waals surface area (Å²) in [5.41, 5.74) is 1.34. The first-order valence-corrected chi connectivity index (χ1v) is 14.7. The number of ether oxygens (including phenoxy) is 1. The molecule has 2 N–H and O–H groups in total. The molecule has 2 aliphatic carbocycles. The third-order valence-electron chi connectivity index (χ3n) is 8.17. The van der Waals surface area contributed by atoms with Gasteiger partial charge in [-0.3, -0.25) is 19.2 Å². The highest BCUT2D eigenvalue weighted by molar-refractivity contribution is 6.35. The molecule has 0 aliphatic heterocycles. The average Bonchev–Trinajstić information content (AvgIpc) is 2.92. The second-order valence-corrected chi connectivity index (χ2v) is 11.6. The van der Waals surface area contributed by atoms with E-state index in [1.165, 1.54) is 6.08 Å². The molecule has 7 unspecified atom stereocenters. The number of halogens is 2. The standard InChI is InChI=1S/C30H37Cl2NO8/c1-5-15(3)30(39)41-25-11-10-22(33-40-14-19-20(31)8-7-9-21(19)32)18-13-23(35)16(4)26(27(18)25)28(29(37)38)24(36)12-17(34)6-2/h7-9,13,15-16,24-28,36H,5-6,10-12,14H2,1-4H3,(H,37,38)/b33-22-. The number of nitrogens with zero attached hydrogens (tertiary/aromatic N) is 1. The summed E-state index contributed by atoms with van der Waals surface area (Å²) in [7, 11) is 0. The molecule has 224 valence electrons. The molecule has 41 heavy (non-hydrogen) atoms. The van der Waals surface area contributed by atoms with Crippen molar-refractivity contribution in [1.82, 2.24) is 0 Å². The number of esters is 1. The van der Waals surface area contributed by atoms with Crippen molar-refractivity contribution < 1.29 is 39.0 Å². The number of hydrogen-bond donors (Lipinski definition) is 2. The summed E-state index contributed by atoms with van der Waals surface area (Å²) in [6.45, 7) is 6.78. The van der Waals surface area contributed by atoms with E-state index < -0.39 is 47.8 Å². The van der Waals surface area contributed by atoms with Gasteiger partial charge < -0.3 is 19.8 Å². The number of aliphatic carboxylic acids is 1. The van der Waals surface area contributed by atoms with E-state index in [-0.39, 0.29) is 36.9 Å². The van der Waals surface area contributed by atoms with E-state index in [4.69, 9.17) is 32.8 Å². The van der Waals surface area contributed by atoms with Crippen LogP contribution in [-0.4, -0.2) is 51.6 Å². The highest BCUT2D eigenvalue weighted by Gasteiger charge is 2.53. The summed E-state index contributed by atoms with van der Waals surface area (Å²) in [6.07, 6.45) is 0.0160. The summed E-state index contributed by atoms with van der Waals surface area (Å²) in [6, 6.07) is 5.04. The van der Waals surface area contributed by atoms with Crippen LogP contribution in [0.1, 0.15) is 65.4 Å². The SMILES string of the molecule is CCC(=O)CC(O)C(C(=O)O)C1C(C)C(=O)C=C2/C(=N\OCc3c(Cl)cccc3Cl)CCC(OC(=O)C(C)CC)C21. The third kappa shape index (κ3) is 7.56. The number of carbonyl (C=O) groups excluding carboxylic acids is 3. The maximum Gasteiger partial charge on any atom is 0.309 e. The molecule has 0 amide bonds. The molecule has 9 nitrogen and oxygen atoms in total. The Morgan fingerprint density at radius 3 is 2.41 bits per heavy atom. The monoisotopic (exact) mass is 609 g/mol. The van der Waals surface area contributed by atoms with Crippen LogP contribution in [0.25, 0.3) is 0 Å². The fourth-order valence-corrected chi connectivity index (χ4v) is 6.05. The number of aliphatic hydroxyl groups excluding tert-OH is 1. The molecule has 1 saturated carbocycles. The zero-order valence-electron chi connectivity index (χ0n) is 23.6. The van der Waals surface area contributed by atoms with Crippen LogP contribution in [0, 0.1) is 29.6 Å². The first-order chi connectivity index (χ1) is 19.4. The van der Waals surface area contributed by atoms with E-state index >= 15 is 0 Å². The number of aliphatic hydroxyl groups is 1. The third-order valence-corrected chi connectivity index (χ3v) is 8.88. The Bertz CT molecular complexity index is 1210. The minimum Gasteiger partial charge on any atom is -0.481 e. The van der Waals surface area contributed by atoms with E-state index in [2.05, 4.69) is 5.16 Å². The molecule has 11 heteroatoms. The highest BCUT2D eigenvalue weighted by atomic mass is 35.5. The molecule has 2 aliphatic rings. The van der Waals surface area contributed by atoms with Crippen LogP contribution < -0.4 is 0 Å². The van der Waals surface area contributed by atoms with Gasteiger partial charge in [0.25, 0.3) is 0 Å². The smallest absolute Gasteiger partial charge is 0.309 e. The Balaban J connectivity index is 2.04. The number of allylic oxidation sites excluding steroid dienone is 1. The number of carbonyl (C=O) groups is 4. The highest BCUT2D eigenvalue weighted by Crippen LogP contribution is 2.47. The van der Waals surface area contributed by atoms with E-state index in [9.17, 15) is 29.4 Å². The Kier molecular flexibility index (Phi) is 11.5. The summed E-state index contributed by atoms with van der Waals surface area (Å²) < 4.78 is 5.93. The summed E-state index contributed by atoms with van der Waals surface area (Å²) in [5, 5.41) is 26.3. The van der Waals surface area contributed by atoms with Gasteiger partial charge in [0.05, 0.1) is 23.7 Å². The van der Waals surface area contributed by atoms with Crippen molar-refractivity contribution in [2.45, 2.75) is 78.6 Å². The molecule has 0 spiro atoms. The predicted molar refractivity (Wildman–Crippen MR) is 154 cm³/mol. The largest absolute Gasteiger partial charge is 0.481 e. The zero-order valence-corrected chi connectivity index (χ0v) is 25.2. The number of ketones is 2. The minimum absolute atomic E-state index is 0.0459. The topological polar surface area (TPSA) is 140 Å². The number of fused-ring (bicyclic) bond motifs is 1. The number of carboxylic acids is 1. The van der Waals surface area contributed by atoms with Gasteiger partial charge in [0, 0.05) is 40.3 Å². The number of rotatable bonds is 12. The van der Waals surface area contributed by atoms with Crippen molar-refractivity contribution in [2.75, 3.05) is 0 Å². The van der Waals surface area contributed by atoms with Crippen LogP contribution in [0.5, 0.6) is 0 Å². The fourth-order valence-electron chi connectivity index (χ4n) is 5.55. The van der Waals surface area contributed by atoms with E-state index in [0.29, 0.717) is 46.2 Å². The Morgan fingerprint density at radius 2 is 1.83 bits per heavy atom. The van der Waals surface area contributed by atoms with E-state index in [1.54, 1.807) is 39.0 Å². The molecule has 1 aromatic carbocycles. The lowest BCUT2D eigenvalue weighted by Crippen LogP contribution is -2.52. The van der Waals surface area contributed by atoms with Crippen LogP contribution in [-0.2, 0) is 35.4 Å². The molecule has 0 aromatic heterocycles. The Hall–Kier alpha value is -2.75. The van der Waals surface area contributed by atoms with Crippen molar-refractivity contribution >= 4 is 52.4 Å². The first-order valence-electron chi connectivity index (χ1n) is 13.9. The number of oxime groups is 1. The van der Waals surface area contributed by atoms with Crippen LogP contribution in [0.3, 0.4) is 0 Å². The maximum absolute atomic E-state index is 13.2. The van der Waals surface area contributed by atoms with Crippen LogP contribution in [0.4, 0.5) is 0 Å². The molecule has 3 rings (SSSR count). The summed E-state index contributed by atoms with van der Waals surface area (Å²) >= 11 is 12.5. The molecule has 0 radical (unpaired) electrons. The molecule has 0 saturated heterocycles. The summed E-state index contributed by atoms with van der Waals surface area (Å²) in [5.74, 6) is -6.85. The van der Waals surface area contributed by atoms with Crippen molar-refractivity contribution in [3.05, 3.63) is 45.5 Å². The normalized spacial score (nSPS) is 25.5. The molecular formula is C30H37Cl2NO8. The van der Waals surface area contributed by atoms with Gasteiger partial charge in [-0.2, -0.15) is 0 Å². The van der Waals surface area contributed by atoms with Crippen molar-refractivity contribution in [2.24, 2.45) is 34.7 Å². The van der Waals surface area contributed by atoms with Gasteiger partial charge in [0.15, 0.2) is 5.78 Å². The van der Waals surface area contributed by atoms with Gasteiger partial charge in [-0.05, 0) is 49.0 Å². The number of benzene rings is 1. The molecular weight excluding hydrogens is 573 g/mol. The fraction of sp³-hybridized carbons (Fsp3) is 0.567. The van der Waals surface area contributed by atoms with Crippen molar-refractivity contribution in [1.29, 1.82) is 0 Å². The van der Waals surface area contributed by atoms with E-state index in [1.807, 2.05) is 6.92 Å². The lowest BCUT2D eigenvalue weighted by molar-refractivity contribution is -0.162. The van der Waals surface area contributed by atoms with Gasteiger partial charge in [-0.25, -0.2) is 0 Å². The quantitative estimate of drug-likeness (QED) is 0.236. The van der Waals surface area contributed by atoms with Gasteiger partial charge in [-0.15, -0.1) is 0 Å². The van der Waals surface area contributed by atoms with Gasteiger partial charge in [-0.1, -0.05) is 62.1 Å². The predicted octanol–water partition coefficient (Wildman–Crippen LogP) is 5.43. The average molecular weight is 611 g/mol. The van der Waals surface area contributed by atoms with Crippen LogP contribution >= 0.6 is 23.2 Å². The molecule has 0 heterocycles. The lowest BCUT2D eigenvalue weighted by atomic mass is 9.59. The zero-order chi connectivity index (χ0) is 30.4. The molecule has 1 aromatic rings. The van der Waals surface area contributed by atoms with Crippen LogP contribution in [0.2, 0.25) is 10.0 Å². The van der Waals surface area contributed by atoms with Crippen molar-refractivity contribution in [3.63, 3.8) is 0 Å². The minimum atomic E-state index is -1.54.